The van der Waals surface area contributed by atoms with Gasteiger partial charge in [-0.25, -0.2) is 8.36 Å². The molecule has 0 amide bonds. The summed E-state index contributed by atoms with van der Waals surface area (Å²) in [6.07, 6.45) is -3.60. The van der Waals surface area contributed by atoms with Crippen molar-refractivity contribution in [2.75, 3.05) is 0 Å². The molecule has 2 heterocycles. The van der Waals surface area contributed by atoms with Crippen LogP contribution in [0.3, 0.4) is 0 Å². The van der Waals surface area contributed by atoms with Crippen LogP contribution in [0.25, 0.3) is 10.9 Å². The molecule has 0 bridgehead atoms. The lowest BCUT2D eigenvalue weighted by Gasteiger charge is -2.06. The number of rotatable bonds is 7. The molecule has 0 unspecified atom stereocenters. The van der Waals surface area contributed by atoms with E-state index in [-0.39, 0.29) is 32.8 Å². The van der Waals surface area contributed by atoms with E-state index in [4.69, 9.17) is 16.2 Å². The number of nitrogens with zero attached hydrogens (tertiary/aromatic N) is 1. The molecule has 0 aliphatic heterocycles. The summed E-state index contributed by atoms with van der Waals surface area (Å²) in [6.45, 7) is 0. The Hall–Kier alpha value is -3.19. The highest BCUT2D eigenvalue weighted by Crippen LogP contribution is 2.31. The van der Waals surface area contributed by atoms with Crippen LogP contribution in [0.2, 0.25) is 0 Å². The quantitative estimate of drug-likeness (QED) is 0.343. The molecule has 13 heteroatoms. The first-order chi connectivity index (χ1) is 14.8. The SMILES string of the molecule is N=C(/C=C(\N)C(F)(F)F)c1ccc(S(=O)(=O)n2cc(CCC(=O)O)c3cc(F)ccc32)s1. The number of thiophene rings is 1. The number of alkyl halides is 3. The summed E-state index contributed by atoms with van der Waals surface area (Å²) in [5.74, 6) is -1.75. The molecule has 0 atom stereocenters. The van der Waals surface area contributed by atoms with Gasteiger partial charge in [-0.3, -0.25) is 10.2 Å². The number of aliphatic carboxylic acids is 1. The molecule has 1 aromatic carbocycles. The maximum absolute atomic E-state index is 13.7. The molecule has 170 valence electrons. The van der Waals surface area contributed by atoms with Gasteiger partial charge in [-0.05, 0) is 48.4 Å². The zero-order chi connectivity index (χ0) is 23.8. The first-order valence-electron chi connectivity index (χ1n) is 8.80. The van der Waals surface area contributed by atoms with Gasteiger partial charge >= 0.3 is 12.1 Å². The van der Waals surface area contributed by atoms with Gasteiger partial charge in [-0.2, -0.15) is 21.6 Å². The Morgan fingerprint density at radius 1 is 1.25 bits per heavy atom. The molecule has 7 nitrogen and oxygen atoms in total. The number of carboxylic acid groups (broad SMARTS) is 1. The number of halogens is 4. The molecule has 32 heavy (non-hydrogen) atoms. The van der Waals surface area contributed by atoms with E-state index in [1.54, 1.807) is 0 Å². The van der Waals surface area contributed by atoms with Crippen LogP contribution in [0.4, 0.5) is 17.6 Å². The third-order valence-corrected chi connectivity index (χ3v) is 7.67. The maximum atomic E-state index is 13.7. The summed E-state index contributed by atoms with van der Waals surface area (Å²) in [5.41, 5.74) is 3.20. The first-order valence-corrected chi connectivity index (χ1v) is 11.1. The number of nitrogens with one attached hydrogen (secondary N) is 1. The van der Waals surface area contributed by atoms with Gasteiger partial charge < -0.3 is 10.8 Å². The van der Waals surface area contributed by atoms with Gasteiger partial charge in [0.25, 0.3) is 10.0 Å². The van der Waals surface area contributed by atoms with E-state index < -0.39 is 39.4 Å². The predicted molar refractivity (Wildman–Crippen MR) is 110 cm³/mol. The van der Waals surface area contributed by atoms with Gasteiger partial charge in [0.2, 0.25) is 0 Å². The molecule has 0 saturated carbocycles. The standard InChI is InChI=1S/C19H15F4N3O4S2/c20-11-2-3-14-12(7-11)10(1-5-17(27)28)9-26(14)32(29,30)18-6-4-15(31-18)13(24)8-16(25)19(21,22)23/h2-4,6-9,24H,1,5,25H2,(H,27,28)/b16-8-,24-13?. The van der Waals surface area contributed by atoms with E-state index in [9.17, 15) is 30.8 Å². The number of hydrogen-bond donors (Lipinski definition) is 3. The number of fused-ring (bicyclic) bond motifs is 1. The smallest absolute Gasteiger partial charge is 0.430 e. The molecule has 3 aromatic rings. The molecule has 0 fully saturated rings. The summed E-state index contributed by atoms with van der Waals surface area (Å²) in [5, 5.41) is 16.9. The molecule has 2 aromatic heterocycles. The summed E-state index contributed by atoms with van der Waals surface area (Å²) < 4.78 is 78.4. The van der Waals surface area contributed by atoms with Crippen LogP contribution in [-0.2, 0) is 21.2 Å². The van der Waals surface area contributed by atoms with E-state index in [1.165, 1.54) is 18.3 Å². The van der Waals surface area contributed by atoms with Crippen molar-refractivity contribution in [2.24, 2.45) is 5.73 Å². The van der Waals surface area contributed by atoms with Crippen LogP contribution in [0.5, 0.6) is 0 Å². The fourth-order valence-corrected chi connectivity index (χ4v) is 5.59. The minimum absolute atomic E-state index is 0.0420. The number of benzene rings is 1. The fourth-order valence-electron chi connectivity index (χ4n) is 2.89. The lowest BCUT2D eigenvalue weighted by atomic mass is 10.1. The highest BCUT2D eigenvalue weighted by molar-refractivity contribution is 7.92. The van der Waals surface area contributed by atoms with E-state index in [1.807, 2.05) is 0 Å². The summed E-state index contributed by atoms with van der Waals surface area (Å²) in [6, 6.07) is 5.69. The number of aromatic nitrogens is 1. The predicted octanol–water partition coefficient (Wildman–Crippen LogP) is 3.87. The highest BCUT2D eigenvalue weighted by atomic mass is 32.2. The monoisotopic (exact) mass is 489 g/mol. The van der Waals surface area contributed by atoms with Crippen molar-refractivity contribution in [3.8, 4) is 0 Å². The van der Waals surface area contributed by atoms with Gasteiger partial charge in [0.15, 0.2) is 0 Å². The van der Waals surface area contributed by atoms with Crippen molar-refractivity contribution < 1.29 is 35.9 Å². The van der Waals surface area contributed by atoms with Crippen molar-refractivity contribution in [3.05, 3.63) is 64.6 Å². The molecule has 3 rings (SSSR count). The second-order valence-corrected chi connectivity index (χ2v) is 9.77. The van der Waals surface area contributed by atoms with Crippen molar-refractivity contribution in [1.29, 1.82) is 5.41 Å². The lowest BCUT2D eigenvalue weighted by Crippen LogP contribution is -2.20. The van der Waals surface area contributed by atoms with E-state index >= 15 is 0 Å². The van der Waals surface area contributed by atoms with E-state index in [2.05, 4.69) is 0 Å². The topological polar surface area (TPSA) is 126 Å². The zero-order valence-electron chi connectivity index (χ0n) is 16.0. The van der Waals surface area contributed by atoms with E-state index in [0.29, 0.717) is 23.0 Å². The molecule has 0 aliphatic rings. The van der Waals surface area contributed by atoms with Crippen molar-refractivity contribution in [3.63, 3.8) is 0 Å². The Balaban J connectivity index is 2.04. The Kier molecular flexibility index (Phi) is 6.15. The highest BCUT2D eigenvalue weighted by Gasteiger charge is 2.32. The number of nitrogens with two attached hydrogens (primary N) is 1. The third kappa shape index (κ3) is 4.67. The van der Waals surface area contributed by atoms with Crippen molar-refractivity contribution >= 4 is 43.9 Å². The Bertz CT molecular complexity index is 1350. The van der Waals surface area contributed by atoms with Crippen molar-refractivity contribution in [2.45, 2.75) is 23.2 Å². The average Bonchev–Trinajstić information content (AvgIpc) is 3.31. The first kappa shape index (κ1) is 23.5. The number of carbonyl (C=O) groups is 1. The molecule has 0 saturated heterocycles. The maximum Gasteiger partial charge on any atom is 0.430 e. The molecule has 0 spiro atoms. The fraction of sp³-hybridized carbons (Fsp3) is 0.158. The number of carboxylic acids is 1. The third-order valence-electron chi connectivity index (χ3n) is 4.41. The summed E-state index contributed by atoms with van der Waals surface area (Å²) in [7, 11) is -4.27. The second kappa shape index (κ2) is 8.39. The summed E-state index contributed by atoms with van der Waals surface area (Å²) in [4.78, 5) is 10.8. The largest absolute Gasteiger partial charge is 0.481 e. The Morgan fingerprint density at radius 2 is 1.94 bits per heavy atom. The van der Waals surface area contributed by atoms with Crippen LogP contribution in [-0.4, -0.2) is 35.4 Å². The van der Waals surface area contributed by atoms with Crippen LogP contribution >= 0.6 is 11.3 Å². The van der Waals surface area contributed by atoms with Crippen LogP contribution in [0.1, 0.15) is 16.9 Å². The Morgan fingerprint density at radius 3 is 2.56 bits per heavy atom. The molecule has 0 radical (unpaired) electrons. The van der Waals surface area contributed by atoms with Crippen LogP contribution < -0.4 is 5.73 Å². The minimum atomic E-state index is -4.83. The van der Waals surface area contributed by atoms with Crippen LogP contribution in [0, 0.1) is 11.2 Å². The van der Waals surface area contributed by atoms with Gasteiger partial charge in [-0.15, -0.1) is 11.3 Å². The van der Waals surface area contributed by atoms with Crippen molar-refractivity contribution in [1.82, 2.24) is 3.97 Å². The van der Waals surface area contributed by atoms with Gasteiger partial charge in [0.1, 0.15) is 15.7 Å². The van der Waals surface area contributed by atoms with E-state index in [0.717, 1.165) is 22.2 Å². The molecule has 0 aliphatic carbocycles. The second-order valence-electron chi connectivity index (χ2n) is 6.64. The van der Waals surface area contributed by atoms with Gasteiger partial charge in [0, 0.05) is 18.0 Å². The molecule has 4 N–H and O–H groups in total. The lowest BCUT2D eigenvalue weighted by molar-refractivity contribution is -0.136. The molecular formula is C19H15F4N3O4S2. The average molecular weight is 489 g/mol. The minimum Gasteiger partial charge on any atom is -0.481 e. The zero-order valence-corrected chi connectivity index (χ0v) is 17.6. The van der Waals surface area contributed by atoms with Gasteiger partial charge in [0.05, 0.1) is 16.1 Å². The normalized spacial score (nSPS) is 12.9. The van der Waals surface area contributed by atoms with Crippen LogP contribution in [0.15, 0.2) is 52.5 Å². The Labute approximate surface area is 182 Å². The number of aryl methyl sites for hydroxylation is 1. The number of allylic oxidation sites excluding steroid dienone is 2. The number of hydrogen-bond acceptors (Lipinski definition) is 6. The van der Waals surface area contributed by atoms with Gasteiger partial charge in [-0.1, -0.05) is 0 Å². The molecular weight excluding hydrogens is 474 g/mol. The summed E-state index contributed by atoms with van der Waals surface area (Å²) >= 11 is 0.566.